The first-order valence-electron chi connectivity index (χ1n) is 8.66. The number of phenolic OH excluding ortho intramolecular Hbond substituents is 1. The molecule has 2 amide bonds. The van der Waals surface area contributed by atoms with Gasteiger partial charge in [-0.1, -0.05) is 0 Å². The van der Waals surface area contributed by atoms with E-state index in [-0.39, 0.29) is 22.3 Å². The van der Waals surface area contributed by atoms with Gasteiger partial charge in [-0.3, -0.25) is 9.59 Å². The van der Waals surface area contributed by atoms with Gasteiger partial charge in [-0.05, 0) is 48.0 Å². The second kappa shape index (κ2) is 9.85. The summed E-state index contributed by atoms with van der Waals surface area (Å²) in [5.74, 6) is -0.695. The van der Waals surface area contributed by atoms with Crippen LogP contribution >= 0.6 is 0 Å². The van der Waals surface area contributed by atoms with E-state index >= 15 is 0 Å². The van der Waals surface area contributed by atoms with Crippen molar-refractivity contribution in [1.82, 2.24) is 9.73 Å². The van der Waals surface area contributed by atoms with E-state index in [9.17, 15) is 23.1 Å². The Morgan fingerprint density at radius 2 is 1.87 bits per heavy atom. The summed E-state index contributed by atoms with van der Waals surface area (Å²) in [7, 11) is -1.23. The van der Waals surface area contributed by atoms with Crippen molar-refractivity contribution in [3.05, 3.63) is 48.0 Å². The van der Waals surface area contributed by atoms with Crippen molar-refractivity contribution in [1.29, 1.82) is 0 Å². The molecule has 0 saturated heterocycles. The van der Waals surface area contributed by atoms with E-state index in [1.807, 2.05) is 0 Å². The Kier molecular flexibility index (Phi) is 7.50. The summed E-state index contributed by atoms with van der Waals surface area (Å²) < 4.78 is 31.0. The summed E-state index contributed by atoms with van der Waals surface area (Å²) in [6.07, 6.45) is 1.33. The Hall–Kier alpha value is -3.44. The highest BCUT2D eigenvalue weighted by Crippen LogP contribution is 2.25. The molecule has 0 atom stereocenters. The Morgan fingerprint density at radius 1 is 1.20 bits per heavy atom. The second-order valence-corrected chi connectivity index (χ2v) is 8.24. The molecule has 2 aromatic carbocycles. The molecule has 0 radical (unpaired) electrons. The van der Waals surface area contributed by atoms with Crippen LogP contribution in [0.2, 0.25) is 0 Å². The van der Waals surface area contributed by atoms with Gasteiger partial charge in [0.15, 0.2) is 11.5 Å². The molecule has 0 bridgehead atoms. The minimum Gasteiger partial charge on any atom is -0.504 e. The van der Waals surface area contributed by atoms with Gasteiger partial charge >= 0.3 is 0 Å². The Balaban J connectivity index is 1.98. The molecule has 0 fully saturated rings. The number of carbonyl (C=O) groups excluding carboxylic acids is 2. The molecular formula is C19H22N4O6S. The van der Waals surface area contributed by atoms with Crippen LogP contribution < -0.4 is 15.5 Å². The number of hydrazone groups is 1. The third-order valence-electron chi connectivity index (χ3n) is 3.86. The lowest BCUT2D eigenvalue weighted by Gasteiger charge is -2.16. The van der Waals surface area contributed by atoms with Crippen LogP contribution in [0.25, 0.3) is 0 Å². The predicted molar refractivity (Wildman–Crippen MR) is 111 cm³/mol. The number of anilines is 1. The van der Waals surface area contributed by atoms with E-state index in [1.54, 1.807) is 6.07 Å². The topological polar surface area (TPSA) is 137 Å². The van der Waals surface area contributed by atoms with E-state index in [1.165, 1.54) is 63.7 Å². The van der Waals surface area contributed by atoms with Crippen molar-refractivity contribution in [3.63, 3.8) is 0 Å². The first-order chi connectivity index (χ1) is 14.1. The highest BCUT2D eigenvalue weighted by Gasteiger charge is 2.22. The fraction of sp³-hybridized carbons (Fsp3) is 0.211. The molecule has 0 saturated carbocycles. The average molecular weight is 434 g/mol. The van der Waals surface area contributed by atoms with E-state index in [2.05, 4.69) is 15.8 Å². The molecule has 30 heavy (non-hydrogen) atoms. The molecule has 3 N–H and O–H groups in total. The van der Waals surface area contributed by atoms with E-state index in [4.69, 9.17) is 4.74 Å². The fourth-order valence-corrected chi connectivity index (χ4v) is 3.50. The first kappa shape index (κ1) is 22.8. The number of sulfonamides is 1. The summed E-state index contributed by atoms with van der Waals surface area (Å²) in [5, 5.41) is 15.9. The molecule has 2 rings (SSSR count). The number of methoxy groups -OCH3 is 1. The molecule has 10 nitrogen and oxygen atoms in total. The molecule has 0 aromatic heterocycles. The van der Waals surface area contributed by atoms with Crippen molar-refractivity contribution in [2.75, 3.05) is 26.0 Å². The number of benzene rings is 2. The van der Waals surface area contributed by atoms with Gasteiger partial charge in [-0.25, -0.2) is 13.8 Å². The molecule has 0 unspecified atom stereocenters. The molecule has 0 spiro atoms. The quantitative estimate of drug-likeness (QED) is 0.421. The largest absolute Gasteiger partial charge is 0.504 e. The summed E-state index contributed by atoms with van der Waals surface area (Å²) in [4.78, 5) is 23.0. The zero-order valence-corrected chi connectivity index (χ0v) is 17.4. The average Bonchev–Trinajstić information content (AvgIpc) is 2.69. The van der Waals surface area contributed by atoms with Gasteiger partial charge in [-0.2, -0.15) is 9.41 Å². The number of rotatable bonds is 8. The molecule has 0 aliphatic heterocycles. The van der Waals surface area contributed by atoms with Crippen molar-refractivity contribution in [2.24, 2.45) is 5.10 Å². The van der Waals surface area contributed by atoms with E-state index in [0.29, 0.717) is 11.3 Å². The number of amides is 2. The highest BCUT2D eigenvalue weighted by molar-refractivity contribution is 7.89. The van der Waals surface area contributed by atoms with Crippen LogP contribution in [0.3, 0.4) is 0 Å². The lowest BCUT2D eigenvalue weighted by atomic mass is 10.2. The van der Waals surface area contributed by atoms with Crippen LogP contribution in [0.15, 0.2) is 52.5 Å². The van der Waals surface area contributed by atoms with E-state index < -0.39 is 22.5 Å². The molecule has 2 aromatic rings. The fourth-order valence-electron chi connectivity index (χ4n) is 2.37. The number of hydrogen-bond donors (Lipinski definition) is 3. The van der Waals surface area contributed by atoms with Crippen LogP contribution in [0.5, 0.6) is 11.5 Å². The van der Waals surface area contributed by atoms with Gasteiger partial charge in [0.1, 0.15) is 0 Å². The molecule has 160 valence electrons. The van der Waals surface area contributed by atoms with Crippen LogP contribution in [-0.4, -0.2) is 56.6 Å². The predicted octanol–water partition coefficient (Wildman–Crippen LogP) is 1.13. The number of nitrogens with zero attached hydrogens (tertiary/aromatic N) is 2. The SMILES string of the molecule is COc1cc(/C=N\NC(=O)CN(C)S(=O)(=O)c2ccc(NC(C)=O)cc2)ccc1O. The molecule has 0 aliphatic rings. The lowest BCUT2D eigenvalue weighted by molar-refractivity contribution is -0.121. The van der Waals surface area contributed by atoms with Gasteiger partial charge in [0.2, 0.25) is 15.9 Å². The standard InChI is InChI=1S/C19H22N4O6S/c1-13(24)21-15-5-7-16(8-6-15)30(27,28)23(2)12-19(26)22-20-11-14-4-9-17(25)18(10-14)29-3/h4-11,25H,12H2,1-3H3,(H,21,24)(H,22,26)/b20-11-. The summed E-state index contributed by atoms with van der Waals surface area (Å²) in [6.45, 7) is 0.893. The summed E-state index contributed by atoms with van der Waals surface area (Å²) in [6, 6.07) is 10.1. The third-order valence-corrected chi connectivity index (χ3v) is 5.67. The number of likely N-dealkylation sites (N-methyl/N-ethyl adjacent to an activating group) is 1. The number of nitrogens with one attached hydrogen (secondary N) is 2. The molecule has 0 heterocycles. The normalized spacial score (nSPS) is 11.5. The minimum absolute atomic E-state index is 0.0217. The summed E-state index contributed by atoms with van der Waals surface area (Å²) >= 11 is 0. The lowest BCUT2D eigenvalue weighted by Crippen LogP contribution is -2.36. The maximum atomic E-state index is 12.6. The first-order valence-corrected chi connectivity index (χ1v) is 10.1. The number of carbonyl (C=O) groups is 2. The minimum atomic E-state index is -3.91. The van der Waals surface area contributed by atoms with Crippen LogP contribution in [0.1, 0.15) is 12.5 Å². The van der Waals surface area contributed by atoms with Crippen molar-refractivity contribution >= 4 is 33.7 Å². The monoisotopic (exact) mass is 434 g/mol. The van der Waals surface area contributed by atoms with Crippen LogP contribution in [0, 0.1) is 0 Å². The van der Waals surface area contributed by atoms with Gasteiger partial charge in [-0.15, -0.1) is 0 Å². The van der Waals surface area contributed by atoms with Gasteiger partial charge in [0, 0.05) is 19.7 Å². The summed E-state index contributed by atoms with van der Waals surface area (Å²) in [5.41, 5.74) is 3.26. The van der Waals surface area contributed by atoms with Crippen molar-refractivity contribution in [2.45, 2.75) is 11.8 Å². The van der Waals surface area contributed by atoms with Crippen molar-refractivity contribution in [3.8, 4) is 11.5 Å². The smallest absolute Gasteiger partial charge is 0.255 e. The number of hydrogen-bond acceptors (Lipinski definition) is 7. The maximum absolute atomic E-state index is 12.6. The zero-order valence-electron chi connectivity index (χ0n) is 16.6. The second-order valence-electron chi connectivity index (χ2n) is 6.19. The Bertz CT molecular complexity index is 1050. The third kappa shape index (κ3) is 6.03. The Labute approximate surface area is 174 Å². The van der Waals surface area contributed by atoms with Crippen molar-refractivity contribution < 1.29 is 27.9 Å². The van der Waals surface area contributed by atoms with Gasteiger partial charge in [0.25, 0.3) is 5.91 Å². The Morgan fingerprint density at radius 3 is 2.47 bits per heavy atom. The van der Waals surface area contributed by atoms with E-state index in [0.717, 1.165) is 4.31 Å². The molecule has 11 heteroatoms. The zero-order chi connectivity index (χ0) is 22.3. The van der Waals surface area contributed by atoms with Gasteiger partial charge < -0.3 is 15.2 Å². The van der Waals surface area contributed by atoms with Gasteiger partial charge in [0.05, 0.1) is 24.8 Å². The molecule has 0 aliphatic carbocycles. The number of phenols is 1. The maximum Gasteiger partial charge on any atom is 0.255 e. The van der Waals surface area contributed by atoms with Crippen LogP contribution in [-0.2, 0) is 19.6 Å². The molecular weight excluding hydrogens is 412 g/mol. The highest BCUT2D eigenvalue weighted by atomic mass is 32.2. The van der Waals surface area contributed by atoms with Crippen LogP contribution in [0.4, 0.5) is 5.69 Å². The number of ether oxygens (including phenoxy) is 1. The number of aromatic hydroxyl groups is 1.